The van der Waals surface area contributed by atoms with Crippen molar-refractivity contribution in [2.24, 2.45) is 0 Å². The van der Waals surface area contributed by atoms with Gasteiger partial charge in [-0.1, -0.05) is 12.1 Å². The number of hydrogen-bond acceptors (Lipinski definition) is 3. The smallest absolute Gasteiger partial charge is 0.123 e. The van der Waals surface area contributed by atoms with Crippen molar-refractivity contribution in [3.8, 4) is 5.75 Å². The lowest BCUT2D eigenvalue weighted by Gasteiger charge is -2.11. The number of phenolic OH excluding ortho intramolecular Hbond substituents is 1. The van der Waals surface area contributed by atoms with Crippen molar-refractivity contribution in [3.05, 3.63) is 59.4 Å². The molecule has 0 saturated carbocycles. The van der Waals surface area contributed by atoms with Crippen molar-refractivity contribution in [1.29, 1.82) is 0 Å². The van der Waals surface area contributed by atoms with Gasteiger partial charge >= 0.3 is 0 Å². The lowest BCUT2D eigenvalue weighted by Crippen LogP contribution is -2.01. The first kappa shape index (κ1) is 12.5. The van der Waals surface area contributed by atoms with Crippen LogP contribution in [0.15, 0.2) is 42.7 Å². The molecule has 2 aromatic heterocycles. The number of phenols is 1. The molecular formula is C16H17N3O. The molecule has 3 rings (SSSR count). The number of benzene rings is 1. The Bertz CT molecular complexity index is 762. The van der Waals surface area contributed by atoms with Gasteiger partial charge in [0.25, 0.3) is 0 Å². The van der Waals surface area contributed by atoms with Gasteiger partial charge in [-0.3, -0.25) is 0 Å². The van der Waals surface area contributed by atoms with Crippen molar-refractivity contribution >= 4 is 11.2 Å². The zero-order valence-electron chi connectivity index (χ0n) is 11.6. The molecule has 3 aromatic rings. The minimum absolute atomic E-state index is 0.356. The standard InChI is InChI=1S/C16H17N3O/c1-11-6-7-14(12(2)16(11)20)17-9-13-10-18-19-8-4-3-5-15(13)19/h3-8,10,17,20H,9H2,1-2H3. The Morgan fingerprint density at radius 1 is 1.20 bits per heavy atom. The number of rotatable bonds is 3. The van der Waals surface area contributed by atoms with Crippen LogP contribution < -0.4 is 5.32 Å². The van der Waals surface area contributed by atoms with E-state index in [2.05, 4.69) is 10.4 Å². The number of fused-ring (bicyclic) bond motifs is 1. The maximum atomic E-state index is 9.96. The summed E-state index contributed by atoms with van der Waals surface area (Å²) in [5.41, 5.74) is 4.94. The Morgan fingerprint density at radius 3 is 2.90 bits per heavy atom. The van der Waals surface area contributed by atoms with Gasteiger partial charge in [-0.25, -0.2) is 4.52 Å². The molecule has 20 heavy (non-hydrogen) atoms. The highest BCUT2D eigenvalue weighted by Crippen LogP contribution is 2.28. The number of aryl methyl sites for hydroxylation is 1. The van der Waals surface area contributed by atoms with E-state index in [1.54, 1.807) is 0 Å². The quantitative estimate of drug-likeness (QED) is 0.765. The molecule has 4 heteroatoms. The van der Waals surface area contributed by atoms with Crippen molar-refractivity contribution in [2.75, 3.05) is 5.32 Å². The number of hydrogen-bond donors (Lipinski definition) is 2. The molecule has 0 atom stereocenters. The van der Waals surface area contributed by atoms with Gasteiger partial charge in [0.1, 0.15) is 5.75 Å². The van der Waals surface area contributed by atoms with Crippen LogP contribution in [-0.4, -0.2) is 14.7 Å². The maximum Gasteiger partial charge on any atom is 0.123 e. The van der Waals surface area contributed by atoms with Crippen LogP contribution in [0.25, 0.3) is 5.52 Å². The molecule has 4 nitrogen and oxygen atoms in total. The molecule has 0 amide bonds. The molecule has 0 aliphatic heterocycles. The maximum absolute atomic E-state index is 9.96. The third-order valence-corrected chi connectivity index (χ3v) is 3.61. The summed E-state index contributed by atoms with van der Waals surface area (Å²) in [6.07, 6.45) is 3.80. The number of aromatic hydroxyl groups is 1. The molecule has 102 valence electrons. The predicted molar refractivity (Wildman–Crippen MR) is 80.1 cm³/mol. The minimum atomic E-state index is 0.356. The second kappa shape index (κ2) is 4.89. The Hall–Kier alpha value is -2.49. The van der Waals surface area contributed by atoms with Crippen LogP contribution in [-0.2, 0) is 6.54 Å². The average Bonchev–Trinajstić information content (AvgIpc) is 2.87. The van der Waals surface area contributed by atoms with Gasteiger partial charge in [-0.15, -0.1) is 0 Å². The van der Waals surface area contributed by atoms with E-state index in [0.717, 1.165) is 27.9 Å². The number of pyridine rings is 1. The van der Waals surface area contributed by atoms with Gasteiger partial charge in [0.2, 0.25) is 0 Å². The molecule has 1 aromatic carbocycles. The first-order valence-corrected chi connectivity index (χ1v) is 6.61. The summed E-state index contributed by atoms with van der Waals surface area (Å²) in [7, 11) is 0. The Morgan fingerprint density at radius 2 is 2.05 bits per heavy atom. The first-order chi connectivity index (χ1) is 9.66. The van der Waals surface area contributed by atoms with Crippen LogP contribution in [0.4, 0.5) is 5.69 Å². The minimum Gasteiger partial charge on any atom is -0.507 e. The molecule has 0 bridgehead atoms. The molecule has 2 N–H and O–H groups in total. The highest BCUT2D eigenvalue weighted by Gasteiger charge is 2.07. The fourth-order valence-electron chi connectivity index (χ4n) is 2.34. The van der Waals surface area contributed by atoms with E-state index in [1.807, 2.05) is 61.1 Å². The second-order valence-electron chi connectivity index (χ2n) is 4.96. The van der Waals surface area contributed by atoms with Crippen LogP contribution in [0, 0.1) is 13.8 Å². The van der Waals surface area contributed by atoms with Gasteiger partial charge in [0.05, 0.1) is 11.7 Å². The Balaban J connectivity index is 1.85. The SMILES string of the molecule is Cc1ccc(NCc2cnn3ccccc23)c(C)c1O. The van der Waals surface area contributed by atoms with E-state index in [0.29, 0.717) is 12.3 Å². The fraction of sp³-hybridized carbons (Fsp3) is 0.188. The van der Waals surface area contributed by atoms with Gasteiger partial charge < -0.3 is 10.4 Å². The predicted octanol–water partition coefficient (Wildman–Crippen LogP) is 3.27. The van der Waals surface area contributed by atoms with Crippen LogP contribution in [0.1, 0.15) is 16.7 Å². The highest BCUT2D eigenvalue weighted by molar-refractivity contribution is 5.61. The van der Waals surface area contributed by atoms with E-state index in [-0.39, 0.29) is 0 Å². The molecule has 0 spiro atoms. The summed E-state index contributed by atoms with van der Waals surface area (Å²) in [6.45, 7) is 4.50. The van der Waals surface area contributed by atoms with E-state index < -0.39 is 0 Å². The summed E-state index contributed by atoms with van der Waals surface area (Å²) in [6, 6.07) is 9.92. The van der Waals surface area contributed by atoms with Gasteiger partial charge in [0.15, 0.2) is 0 Å². The van der Waals surface area contributed by atoms with E-state index in [9.17, 15) is 5.11 Å². The van der Waals surface area contributed by atoms with Crippen LogP contribution in [0.5, 0.6) is 5.75 Å². The largest absolute Gasteiger partial charge is 0.507 e. The second-order valence-corrected chi connectivity index (χ2v) is 4.96. The van der Waals surface area contributed by atoms with Crippen LogP contribution in [0.3, 0.4) is 0 Å². The van der Waals surface area contributed by atoms with E-state index >= 15 is 0 Å². The molecule has 0 aliphatic rings. The molecule has 0 fully saturated rings. The van der Waals surface area contributed by atoms with Crippen LogP contribution >= 0.6 is 0 Å². The third kappa shape index (κ3) is 2.09. The lowest BCUT2D eigenvalue weighted by atomic mass is 10.1. The summed E-state index contributed by atoms with van der Waals surface area (Å²) < 4.78 is 1.86. The van der Waals surface area contributed by atoms with Crippen molar-refractivity contribution in [2.45, 2.75) is 20.4 Å². The van der Waals surface area contributed by atoms with E-state index in [4.69, 9.17) is 0 Å². The lowest BCUT2D eigenvalue weighted by molar-refractivity contribution is 0.467. The zero-order valence-corrected chi connectivity index (χ0v) is 11.6. The Kier molecular flexibility index (Phi) is 3.06. The number of nitrogens with zero attached hydrogens (tertiary/aromatic N) is 2. The summed E-state index contributed by atoms with van der Waals surface area (Å²) >= 11 is 0. The van der Waals surface area contributed by atoms with E-state index in [1.165, 1.54) is 0 Å². The summed E-state index contributed by atoms with van der Waals surface area (Å²) in [5.74, 6) is 0.356. The zero-order chi connectivity index (χ0) is 14.1. The summed E-state index contributed by atoms with van der Waals surface area (Å²) in [5, 5.41) is 17.6. The molecule has 0 aliphatic carbocycles. The Labute approximate surface area is 117 Å². The third-order valence-electron chi connectivity index (χ3n) is 3.61. The normalized spacial score (nSPS) is 10.9. The van der Waals surface area contributed by atoms with Gasteiger partial charge in [0, 0.05) is 29.6 Å². The number of nitrogens with one attached hydrogen (secondary N) is 1. The average molecular weight is 267 g/mol. The molecule has 0 unspecified atom stereocenters. The number of anilines is 1. The summed E-state index contributed by atoms with van der Waals surface area (Å²) in [4.78, 5) is 0. The topological polar surface area (TPSA) is 49.6 Å². The monoisotopic (exact) mass is 267 g/mol. The molecular weight excluding hydrogens is 250 g/mol. The van der Waals surface area contributed by atoms with Crippen molar-refractivity contribution in [1.82, 2.24) is 9.61 Å². The van der Waals surface area contributed by atoms with Crippen molar-refractivity contribution < 1.29 is 5.11 Å². The van der Waals surface area contributed by atoms with Gasteiger partial charge in [-0.05, 0) is 37.6 Å². The molecule has 2 heterocycles. The van der Waals surface area contributed by atoms with Crippen molar-refractivity contribution in [3.63, 3.8) is 0 Å². The first-order valence-electron chi connectivity index (χ1n) is 6.61. The van der Waals surface area contributed by atoms with Crippen LogP contribution in [0.2, 0.25) is 0 Å². The molecule has 0 saturated heterocycles. The molecule has 0 radical (unpaired) electrons. The van der Waals surface area contributed by atoms with Gasteiger partial charge in [-0.2, -0.15) is 5.10 Å². The fourth-order valence-corrected chi connectivity index (χ4v) is 2.34. The number of aromatic nitrogens is 2. The highest BCUT2D eigenvalue weighted by atomic mass is 16.3.